The van der Waals surface area contributed by atoms with Crippen LogP contribution in [0.15, 0.2) is 23.1 Å². The molecule has 1 heterocycles. The molecule has 3 unspecified atom stereocenters. The zero-order chi connectivity index (χ0) is 14.5. The Morgan fingerprint density at radius 1 is 1.30 bits per heavy atom. The van der Waals surface area contributed by atoms with Crippen molar-refractivity contribution in [3.05, 3.63) is 29.6 Å². The van der Waals surface area contributed by atoms with Gasteiger partial charge < -0.3 is 5.73 Å². The predicted molar refractivity (Wildman–Crippen MR) is 74.1 cm³/mol. The molecule has 0 radical (unpaired) electrons. The zero-order valence-electron chi connectivity index (χ0n) is 11.4. The predicted octanol–water partition coefficient (Wildman–Crippen LogP) is 1.49. The molecule has 6 heteroatoms. The van der Waals surface area contributed by atoms with Gasteiger partial charge >= 0.3 is 0 Å². The van der Waals surface area contributed by atoms with Crippen LogP contribution in [0, 0.1) is 24.6 Å². The quantitative estimate of drug-likeness (QED) is 0.900. The van der Waals surface area contributed by atoms with Crippen molar-refractivity contribution in [3.63, 3.8) is 0 Å². The standard InChI is InChI=1S/C14H19FN2O2S/c1-9-2-4-12(15)14(6-9)20(18,19)17-7-10-3-5-13(16)11(10)8-17/h2,4,6,10-11,13H,3,5,7-8,16H2,1H3. The topological polar surface area (TPSA) is 63.4 Å². The Bertz CT molecular complexity index is 632. The second kappa shape index (κ2) is 4.79. The molecule has 0 spiro atoms. The van der Waals surface area contributed by atoms with Crippen molar-refractivity contribution in [3.8, 4) is 0 Å². The van der Waals surface area contributed by atoms with Crippen molar-refractivity contribution < 1.29 is 12.8 Å². The summed E-state index contributed by atoms with van der Waals surface area (Å²) in [6.45, 7) is 2.64. The van der Waals surface area contributed by atoms with Crippen molar-refractivity contribution in [2.75, 3.05) is 13.1 Å². The Labute approximate surface area is 118 Å². The van der Waals surface area contributed by atoms with Crippen molar-refractivity contribution in [1.29, 1.82) is 0 Å². The maximum Gasteiger partial charge on any atom is 0.246 e. The number of hydrogen-bond donors (Lipinski definition) is 1. The summed E-state index contributed by atoms with van der Waals surface area (Å²) in [4.78, 5) is -0.217. The van der Waals surface area contributed by atoms with E-state index in [0.717, 1.165) is 18.4 Å². The van der Waals surface area contributed by atoms with E-state index in [-0.39, 0.29) is 16.9 Å². The molecule has 110 valence electrons. The first-order chi connectivity index (χ1) is 9.39. The van der Waals surface area contributed by atoms with E-state index >= 15 is 0 Å². The molecule has 2 N–H and O–H groups in total. The molecular formula is C14H19FN2O2S. The number of halogens is 1. The highest BCUT2D eigenvalue weighted by molar-refractivity contribution is 7.89. The Morgan fingerprint density at radius 2 is 2.05 bits per heavy atom. The lowest BCUT2D eigenvalue weighted by Gasteiger charge is -2.19. The number of hydrogen-bond acceptors (Lipinski definition) is 3. The fourth-order valence-corrected chi connectivity index (χ4v) is 5.09. The van der Waals surface area contributed by atoms with Gasteiger partial charge in [0.05, 0.1) is 0 Å². The molecule has 1 saturated carbocycles. The minimum Gasteiger partial charge on any atom is -0.327 e. The molecule has 1 aromatic rings. The number of nitrogens with zero attached hydrogens (tertiary/aromatic N) is 1. The molecule has 0 bridgehead atoms. The molecule has 2 fully saturated rings. The molecule has 3 atom stereocenters. The van der Waals surface area contributed by atoms with Gasteiger partial charge in [0.1, 0.15) is 10.7 Å². The third-order valence-corrected chi connectivity index (χ3v) is 6.43. The lowest BCUT2D eigenvalue weighted by atomic mass is 9.98. The van der Waals surface area contributed by atoms with Crippen molar-refractivity contribution >= 4 is 10.0 Å². The van der Waals surface area contributed by atoms with Gasteiger partial charge in [-0.1, -0.05) is 6.07 Å². The summed E-state index contributed by atoms with van der Waals surface area (Å²) >= 11 is 0. The van der Waals surface area contributed by atoms with Crippen LogP contribution < -0.4 is 5.73 Å². The van der Waals surface area contributed by atoms with Crippen LogP contribution >= 0.6 is 0 Å². The normalized spacial score (nSPS) is 30.6. The van der Waals surface area contributed by atoms with E-state index in [0.29, 0.717) is 19.0 Å². The van der Waals surface area contributed by atoms with Crippen LogP contribution in [0.3, 0.4) is 0 Å². The SMILES string of the molecule is Cc1ccc(F)c(S(=O)(=O)N2CC3CCC(N)C3C2)c1. The van der Waals surface area contributed by atoms with Gasteiger partial charge in [0, 0.05) is 19.1 Å². The van der Waals surface area contributed by atoms with Crippen molar-refractivity contribution in [2.24, 2.45) is 17.6 Å². The number of benzene rings is 1. The average molecular weight is 298 g/mol. The first-order valence-electron chi connectivity index (χ1n) is 6.91. The molecule has 0 amide bonds. The average Bonchev–Trinajstić information content (AvgIpc) is 2.95. The number of sulfonamides is 1. The summed E-state index contributed by atoms with van der Waals surface area (Å²) in [5, 5.41) is 0. The van der Waals surface area contributed by atoms with Crippen LogP contribution in [-0.4, -0.2) is 31.9 Å². The first kappa shape index (κ1) is 14.0. The fourth-order valence-electron chi connectivity index (χ4n) is 3.41. The Kier molecular flexibility index (Phi) is 3.35. The monoisotopic (exact) mass is 298 g/mol. The Morgan fingerprint density at radius 3 is 2.75 bits per heavy atom. The van der Waals surface area contributed by atoms with Crippen LogP contribution in [0.25, 0.3) is 0 Å². The summed E-state index contributed by atoms with van der Waals surface area (Å²) in [5.41, 5.74) is 6.76. The lowest BCUT2D eigenvalue weighted by Crippen LogP contribution is -2.33. The number of fused-ring (bicyclic) bond motifs is 1. The molecule has 3 rings (SSSR count). The second-order valence-electron chi connectivity index (χ2n) is 5.92. The fraction of sp³-hybridized carbons (Fsp3) is 0.571. The van der Waals surface area contributed by atoms with Crippen LogP contribution in [0.4, 0.5) is 4.39 Å². The minimum atomic E-state index is -3.75. The van der Waals surface area contributed by atoms with Gasteiger partial charge in [0.15, 0.2) is 0 Å². The van der Waals surface area contributed by atoms with Gasteiger partial charge in [0.25, 0.3) is 0 Å². The van der Waals surface area contributed by atoms with Gasteiger partial charge in [-0.15, -0.1) is 0 Å². The van der Waals surface area contributed by atoms with Gasteiger partial charge in [-0.2, -0.15) is 4.31 Å². The molecule has 0 aromatic heterocycles. The maximum atomic E-state index is 13.9. The van der Waals surface area contributed by atoms with E-state index in [9.17, 15) is 12.8 Å². The summed E-state index contributed by atoms with van der Waals surface area (Å²) < 4.78 is 40.4. The molecule has 20 heavy (non-hydrogen) atoms. The third-order valence-electron chi connectivity index (χ3n) is 4.58. The lowest BCUT2D eigenvalue weighted by molar-refractivity contribution is 0.424. The summed E-state index contributed by atoms with van der Waals surface area (Å²) in [6, 6.07) is 4.26. The highest BCUT2D eigenvalue weighted by atomic mass is 32.2. The first-order valence-corrected chi connectivity index (χ1v) is 8.35. The number of nitrogens with two attached hydrogens (primary N) is 1. The van der Waals surface area contributed by atoms with Crippen LogP contribution in [0.1, 0.15) is 18.4 Å². The van der Waals surface area contributed by atoms with Crippen LogP contribution in [-0.2, 0) is 10.0 Å². The highest BCUT2D eigenvalue weighted by Gasteiger charge is 2.45. The van der Waals surface area contributed by atoms with Crippen molar-refractivity contribution in [2.45, 2.75) is 30.7 Å². The molecule has 1 saturated heterocycles. The summed E-state index contributed by atoms with van der Waals surface area (Å²) in [7, 11) is -3.75. The molecule has 1 aromatic carbocycles. The van der Waals surface area contributed by atoms with E-state index in [1.54, 1.807) is 13.0 Å². The molecule has 1 aliphatic heterocycles. The van der Waals surface area contributed by atoms with Crippen LogP contribution in [0.5, 0.6) is 0 Å². The van der Waals surface area contributed by atoms with E-state index in [1.807, 2.05) is 0 Å². The molecule has 2 aliphatic rings. The van der Waals surface area contributed by atoms with Gasteiger partial charge in [0.2, 0.25) is 10.0 Å². The highest BCUT2D eigenvalue weighted by Crippen LogP contribution is 2.39. The number of rotatable bonds is 2. The molecule has 1 aliphatic carbocycles. The summed E-state index contributed by atoms with van der Waals surface area (Å²) in [5.74, 6) is -0.137. The maximum absolute atomic E-state index is 13.9. The van der Waals surface area contributed by atoms with Gasteiger partial charge in [-0.3, -0.25) is 0 Å². The van der Waals surface area contributed by atoms with E-state index < -0.39 is 15.8 Å². The Balaban J connectivity index is 1.92. The smallest absolute Gasteiger partial charge is 0.246 e. The third kappa shape index (κ3) is 2.16. The minimum absolute atomic E-state index is 0.0718. The van der Waals surface area contributed by atoms with Gasteiger partial charge in [-0.05, 0) is 49.3 Å². The second-order valence-corrected chi connectivity index (χ2v) is 7.83. The van der Waals surface area contributed by atoms with E-state index in [4.69, 9.17) is 5.73 Å². The van der Waals surface area contributed by atoms with E-state index in [2.05, 4.69) is 0 Å². The zero-order valence-corrected chi connectivity index (χ0v) is 12.2. The summed E-state index contributed by atoms with van der Waals surface area (Å²) in [6.07, 6.45) is 1.93. The van der Waals surface area contributed by atoms with E-state index in [1.165, 1.54) is 16.4 Å². The molecule has 4 nitrogen and oxygen atoms in total. The Hall–Kier alpha value is -0.980. The largest absolute Gasteiger partial charge is 0.327 e. The number of aryl methyl sites for hydroxylation is 1. The molecular weight excluding hydrogens is 279 g/mol. The van der Waals surface area contributed by atoms with Crippen molar-refractivity contribution in [1.82, 2.24) is 4.31 Å². The van der Waals surface area contributed by atoms with Crippen LogP contribution in [0.2, 0.25) is 0 Å². The van der Waals surface area contributed by atoms with Gasteiger partial charge in [-0.25, -0.2) is 12.8 Å².